The van der Waals surface area contributed by atoms with Crippen molar-refractivity contribution in [2.75, 3.05) is 0 Å². The summed E-state index contributed by atoms with van der Waals surface area (Å²) in [5.41, 5.74) is -2.68. The van der Waals surface area contributed by atoms with Crippen LogP contribution in [0.15, 0.2) is 0 Å². The van der Waals surface area contributed by atoms with Crippen LogP contribution >= 0.6 is 40.7 Å². The third-order valence-electron chi connectivity index (χ3n) is 0.206. The molecule has 0 saturated carbocycles. The van der Waals surface area contributed by atoms with Gasteiger partial charge < -0.3 is 4.89 Å². The molecule has 0 saturated heterocycles. The predicted octanol–water partition coefficient (Wildman–Crippen LogP) is 1.64. The Bertz CT molecular complexity index is 81.7. The van der Waals surface area contributed by atoms with Gasteiger partial charge in [-0.3, -0.25) is 3.97 Å². The highest BCUT2D eigenvalue weighted by atomic mass is 33.4. The predicted molar refractivity (Wildman–Crippen MR) is 43.2 cm³/mol. The topological polar surface area (TPSA) is 29.5 Å². The molecule has 0 aliphatic carbocycles. The first-order valence-electron chi connectivity index (χ1n) is 1.11. The van der Waals surface area contributed by atoms with Crippen LogP contribution in [0.25, 0.3) is 0 Å². The molecule has 0 aromatic rings. The molecule has 0 fully saturated rings. The zero-order chi connectivity index (χ0) is 5.91. The summed E-state index contributed by atoms with van der Waals surface area (Å²) in [6.07, 6.45) is 0. The smallest absolute Gasteiger partial charge is 0.266 e. The van der Waals surface area contributed by atoms with Gasteiger partial charge in [-0.1, -0.05) is 0 Å². The lowest BCUT2D eigenvalue weighted by atomic mass is 15.8. The van der Waals surface area contributed by atoms with Gasteiger partial charge in [0.1, 0.15) is 0 Å². The van der Waals surface area contributed by atoms with Crippen molar-refractivity contribution < 1.29 is 8.86 Å². The van der Waals surface area contributed by atoms with Gasteiger partial charge in [0.25, 0.3) is 5.69 Å². The Balaban J connectivity index is 3.61. The highest BCUT2D eigenvalue weighted by Gasteiger charge is 2.08. The molecule has 7 heteroatoms. The van der Waals surface area contributed by atoms with E-state index in [4.69, 9.17) is 4.89 Å². The third kappa shape index (κ3) is 4.14. The minimum Gasteiger partial charge on any atom is -0.336 e. The first kappa shape index (κ1) is 8.62. The van der Waals surface area contributed by atoms with Crippen LogP contribution in [-0.4, -0.2) is 4.89 Å². The van der Waals surface area contributed by atoms with E-state index >= 15 is 0 Å². The van der Waals surface area contributed by atoms with Crippen molar-refractivity contribution in [3.8, 4) is 0 Å². The van der Waals surface area contributed by atoms with Crippen molar-refractivity contribution >= 4 is 52.5 Å². The van der Waals surface area contributed by atoms with Crippen LogP contribution in [0, 0.1) is 0 Å². The molecule has 0 spiro atoms. The van der Waals surface area contributed by atoms with E-state index in [2.05, 4.69) is 40.3 Å². The Kier molecular flexibility index (Phi) is 4.44. The highest BCUT2D eigenvalue weighted by molar-refractivity contribution is 8.98. The average molecular weight is 194 g/mol. The van der Waals surface area contributed by atoms with Crippen molar-refractivity contribution in [3.05, 3.63) is 0 Å². The van der Waals surface area contributed by atoms with Crippen LogP contribution in [0.3, 0.4) is 0 Å². The molecular formula is H3O2PS4. The van der Waals surface area contributed by atoms with E-state index < -0.39 is 5.69 Å². The van der Waals surface area contributed by atoms with Gasteiger partial charge in [-0.25, -0.2) is 0 Å². The Hall–Kier alpha value is 1.62. The second-order valence-electron chi connectivity index (χ2n) is 0.632. The maximum absolute atomic E-state index is 8.65. The summed E-state index contributed by atoms with van der Waals surface area (Å²) in [6.45, 7) is 0. The molecule has 0 rings (SSSR count). The maximum atomic E-state index is 8.65. The van der Waals surface area contributed by atoms with Crippen molar-refractivity contribution in [2.24, 2.45) is 0 Å². The number of hydrogen-bond donors (Lipinski definition) is 3. The highest BCUT2D eigenvalue weighted by Crippen LogP contribution is 2.58. The summed E-state index contributed by atoms with van der Waals surface area (Å²) >= 11 is 11.3. The monoisotopic (exact) mass is 194 g/mol. The van der Waals surface area contributed by atoms with Gasteiger partial charge in [-0.15, -0.1) is 11.7 Å². The fourth-order valence-corrected chi connectivity index (χ4v) is 1.21. The Morgan fingerprint density at radius 2 is 2.29 bits per heavy atom. The lowest BCUT2D eigenvalue weighted by Gasteiger charge is -2.02. The van der Waals surface area contributed by atoms with Crippen molar-refractivity contribution in [2.45, 2.75) is 0 Å². The summed E-state index contributed by atoms with van der Waals surface area (Å²) in [7, 11) is 0.804. The second-order valence-corrected chi connectivity index (χ2v) is 8.01. The van der Waals surface area contributed by atoms with Gasteiger partial charge in [0.05, 0.1) is 0 Å². The van der Waals surface area contributed by atoms with E-state index in [1.54, 1.807) is 0 Å². The zero-order valence-electron chi connectivity index (χ0n) is 3.01. The second kappa shape index (κ2) is 3.61. The molecule has 0 aliphatic heterocycles. The number of thiol groups is 2. The van der Waals surface area contributed by atoms with E-state index in [0.717, 1.165) is 10.4 Å². The van der Waals surface area contributed by atoms with Gasteiger partial charge in [-0.2, -0.15) is 0 Å². The largest absolute Gasteiger partial charge is 0.336 e. The summed E-state index contributed by atoms with van der Waals surface area (Å²) < 4.78 is 4.15. The molecule has 0 radical (unpaired) electrons. The Morgan fingerprint density at radius 3 is 2.29 bits per heavy atom. The Morgan fingerprint density at radius 1 is 1.86 bits per heavy atom. The summed E-state index contributed by atoms with van der Waals surface area (Å²) in [5, 5.41) is 0. The van der Waals surface area contributed by atoms with Crippen LogP contribution in [0.2, 0.25) is 0 Å². The summed E-state index contributed by atoms with van der Waals surface area (Å²) in [4.78, 5) is 8.65. The van der Waals surface area contributed by atoms with E-state index in [-0.39, 0.29) is 0 Å². The normalized spacial score (nSPS) is 18.7. The minimum absolute atomic E-state index is 0.804. The molecule has 0 aromatic heterocycles. The third-order valence-corrected chi connectivity index (χ3v) is 6.71. The number of rotatable bonds is 2. The first-order valence-corrected chi connectivity index (χ1v) is 6.62. The van der Waals surface area contributed by atoms with Gasteiger partial charge >= 0.3 is 0 Å². The fraction of sp³-hybridized carbons (Fsp3) is 0. The van der Waals surface area contributed by atoms with Gasteiger partial charge in [0, 0.05) is 0 Å². The maximum Gasteiger partial charge on any atom is 0.266 e. The van der Waals surface area contributed by atoms with E-state index in [1.807, 2.05) is 0 Å². The molecule has 44 valence electrons. The molecule has 0 bridgehead atoms. The molecule has 1 unspecified atom stereocenters. The lowest BCUT2D eigenvalue weighted by molar-refractivity contribution is 0.549. The molecule has 0 aliphatic rings. The van der Waals surface area contributed by atoms with Crippen LogP contribution in [0.5, 0.6) is 0 Å². The van der Waals surface area contributed by atoms with Gasteiger partial charge in [0.2, 0.25) is 0 Å². The van der Waals surface area contributed by atoms with Crippen LogP contribution in [0.1, 0.15) is 0 Å². The molecular weight excluding hydrogens is 191 g/mol. The van der Waals surface area contributed by atoms with Crippen LogP contribution in [-0.2, 0) is 15.8 Å². The molecule has 0 amide bonds. The van der Waals surface area contributed by atoms with E-state index in [9.17, 15) is 0 Å². The zero-order valence-corrected chi connectivity index (χ0v) is 7.33. The van der Waals surface area contributed by atoms with Crippen molar-refractivity contribution in [3.63, 3.8) is 0 Å². The Labute approximate surface area is 61.4 Å². The van der Waals surface area contributed by atoms with Crippen molar-refractivity contribution in [1.82, 2.24) is 0 Å². The number of hydrogen-bond acceptors (Lipinski definition) is 5. The SMILES string of the molecule is OP(=S)(OS)SS. The van der Waals surface area contributed by atoms with Gasteiger partial charge in [0.15, 0.2) is 0 Å². The molecule has 7 heavy (non-hydrogen) atoms. The van der Waals surface area contributed by atoms with Gasteiger partial charge in [-0.05, 0) is 35.1 Å². The first-order chi connectivity index (χ1) is 3.12. The fourth-order valence-electron chi connectivity index (χ4n) is 0.0149. The molecule has 0 aromatic carbocycles. The average Bonchev–Trinajstić information content (AvgIpc) is 1.68. The quantitative estimate of drug-likeness (QED) is 0.270. The lowest BCUT2D eigenvalue weighted by Crippen LogP contribution is -1.63. The van der Waals surface area contributed by atoms with E-state index in [1.165, 1.54) is 0 Å². The summed E-state index contributed by atoms with van der Waals surface area (Å²) in [5.74, 6) is 0. The minimum atomic E-state index is -2.68. The standard InChI is InChI=1S/H3O2PS4/c1-3(5,2-4)7-6/h4,6H,(H,1,5). The molecule has 1 atom stereocenters. The summed E-state index contributed by atoms with van der Waals surface area (Å²) in [6, 6.07) is 0. The molecule has 1 N–H and O–H groups in total. The molecule has 2 nitrogen and oxygen atoms in total. The van der Waals surface area contributed by atoms with Crippen LogP contribution < -0.4 is 0 Å². The van der Waals surface area contributed by atoms with E-state index in [0.29, 0.717) is 0 Å². The molecule has 0 heterocycles. The van der Waals surface area contributed by atoms with Crippen molar-refractivity contribution in [1.29, 1.82) is 0 Å². The van der Waals surface area contributed by atoms with Crippen LogP contribution in [0.4, 0.5) is 0 Å².